The Hall–Kier alpha value is -1.66. The van der Waals surface area contributed by atoms with Crippen molar-refractivity contribution < 1.29 is 18.8 Å². The predicted molar refractivity (Wildman–Crippen MR) is 91.5 cm³/mol. The van der Waals surface area contributed by atoms with Crippen LogP contribution in [0.4, 0.5) is 0 Å². The van der Waals surface area contributed by atoms with E-state index in [1.54, 1.807) is 6.20 Å². The Morgan fingerprint density at radius 1 is 1.38 bits per heavy atom. The minimum absolute atomic E-state index is 0.280. The molecule has 0 saturated carbocycles. The third-order valence-corrected chi connectivity index (χ3v) is 4.80. The molecule has 3 aromatic heterocycles. The molecule has 0 spiro atoms. The van der Waals surface area contributed by atoms with Crippen molar-refractivity contribution in [3.05, 3.63) is 28.9 Å². The lowest BCUT2D eigenvalue weighted by molar-refractivity contribution is 0.377. The maximum Gasteiger partial charge on any atom is 0.391 e. The molecular formula is C15H17ClN3O4P. The van der Waals surface area contributed by atoms with Gasteiger partial charge in [-0.1, -0.05) is 25.4 Å². The molecule has 0 radical (unpaired) electrons. The first-order valence-corrected chi connectivity index (χ1v) is 9.35. The fourth-order valence-corrected chi connectivity index (χ4v) is 3.11. The van der Waals surface area contributed by atoms with E-state index >= 15 is 0 Å². The van der Waals surface area contributed by atoms with Crippen molar-refractivity contribution in [3.63, 3.8) is 0 Å². The number of furan rings is 1. The van der Waals surface area contributed by atoms with Gasteiger partial charge in [-0.15, -0.1) is 0 Å². The molecular weight excluding hydrogens is 353 g/mol. The van der Waals surface area contributed by atoms with E-state index in [0.717, 1.165) is 5.56 Å². The summed E-state index contributed by atoms with van der Waals surface area (Å²) in [7, 11) is -4.45. The Bertz CT molecular complexity index is 957. The van der Waals surface area contributed by atoms with Crippen molar-refractivity contribution in [2.75, 3.05) is 0 Å². The van der Waals surface area contributed by atoms with Crippen LogP contribution in [-0.2, 0) is 11.1 Å². The summed E-state index contributed by atoms with van der Waals surface area (Å²) < 4.78 is 18.6. The average Bonchev–Trinajstić information content (AvgIpc) is 3.07. The van der Waals surface area contributed by atoms with Gasteiger partial charge in [-0.3, -0.25) is 4.57 Å². The molecule has 3 heterocycles. The molecule has 0 amide bonds. The van der Waals surface area contributed by atoms with Gasteiger partial charge in [0.15, 0.2) is 17.2 Å². The molecule has 0 unspecified atom stereocenters. The largest absolute Gasteiger partial charge is 0.445 e. The summed E-state index contributed by atoms with van der Waals surface area (Å²) in [6.45, 7) is 6.60. The van der Waals surface area contributed by atoms with Crippen molar-refractivity contribution in [1.29, 1.82) is 0 Å². The molecule has 7 nitrogen and oxygen atoms in total. The van der Waals surface area contributed by atoms with Crippen molar-refractivity contribution >= 4 is 35.9 Å². The molecule has 3 aromatic rings. The maximum absolute atomic E-state index is 11.4. The first-order valence-electron chi connectivity index (χ1n) is 7.36. The van der Waals surface area contributed by atoms with Crippen LogP contribution >= 0.6 is 19.2 Å². The number of hydrogen-bond donors (Lipinski definition) is 2. The van der Waals surface area contributed by atoms with Crippen LogP contribution in [0.15, 0.2) is 22.7 Å². The first kappa shape index (κ1) is 17.2. The summed E-state index contributed by atoms with van der Waals surface area (Å²) in [4.78, 5) is 27.4. The van der Waals surface area contributed by atoms with E-state index in [1.165, 1.54) is 12.1 Å². The van der Waals surface area contributed by atoms with Crippen LogP contribution in [0.25, 0.3) is 22.7 Å². The summed E-state index contributed by atoms with van der Waals surface area (Å²) in [5.74, 6) is 1.06. The maximum atomic E-state index is 11.4. The van der Waals surface area contributed by atoms with E-state index in [4.69, 9.17) is 16.0 Å². The fourth-order valence-electron chi connectivity index (χ4n) is 2.49. The van der Waals surface area contributed by atoms with Gasteiger partial charge >= 0.3 is 7.60 Å². The lowest BCUT2D eigenvalue weighted by atomic mass is 10.2. The number of imidazole rings is 1. The van der Waals surface area contributed by atoms with E-state index in [9.17, 15) is 14.4 Å². The second kappa shape index (κ2) is 6.01. The number of halogens is 1. The Kier molecular flexibility index (Phi) is 4.30. The number of aromatic nitrogens is 3. The van der Waals surface area contributed by atoms with Crippen LogP contribution in [0.5, 0.6) is 0 Å². The van der Waals surface area contributed by atoms with Crippen molar-refractivity contribution in [2.45, 2.75) is 27.3 Å². The van der Waals surface area contributed by atoms with Crippen molar-refractivity contribution in [2.24, 2.45) is 5.92 Å². The zero-order valence-corrected chi connectivity index (χ0v) is 15.0. The lowest BCUT2D eigenvalue weighted by Crippen LogP contribution is -2.07. The Balaban J connectivity index is 2.24. The topological polar surface area (TPSA) is 101 Å². The van der Waals surface area contributed by atoms with Gasteiger partial charge in [0.05, 0.1) is 5.02 Å². The molecule has 0 aliphatic heterocycles. The summed E-state index contributed by atoms with van der Waals surface area (Å²) in [5.41, 5.74) is 1.72. The molecule has 0 atom stereocenters. The van der Waals surface area contributed by atoms with Crippen LogP contribution in [0.1, 0.15) is 19.4 Å². The highest BCUT2D eigenvalue weighted by atomic mass is 35.5. The van der Waals surface area contributed by atoms with E-state index in [0.29, 0.717) is 34.5 Å². The Labute approximate surface area is 143 Å². The highest BCUT2D eigenvalue weighted by Crippen LogP contribution is 2.36. The van der Waals surface area contributed by atoms with E-state index < -0.39 is 7.60 Å². The van der Waals surface area contributed by atoms with Gasteiger partial charge in [-0.25, -0.2) is 9.97 Å². The highest BCUT2D eigenvalue weighted by Gasteiger charge is 2.25. The van der Waals surface area contributed by atoms with Crippen LogP contribution in [-0.4, -0.2) is 24.3 Å². The zero-order valence-electron chi connectivity index (χ0n) is 13.4. The van der Waals surface area contributed by atoms with Crippen LogP contribution in [0, 0.1) is 12.8 Å². The highest BCUT2D eigenvalue weighted by molar-refractivity contribution is 7.59. The molecule has 0 fully saturated rings. The van der Waals surface area contributed by atoms with Gasteiger partial charge in [0.2, 0.25) is 5.50 Å². The minimum Gasteiger partial charge on any atom is -0.445 e. The molecule has 0 aromatic carbocycles. The molecule has 2 N–H and O–H groups in total. The van der Waals surface area contributed by atoms with Gasteiger partial charge in [0.25, 0.3) is 0 Å². The van der Waals surface area contributed by atoms with Crippen molar-refractivity contribution in [3.8, 4) is 11.6 Å². The Morgan fingerprint density at radius 3 is 2.67 bits per heavy atom. The summed E-state index contributed by atoms with van der Waals surface area (Å²) in [6, 6.07) is 2.77. The van der Waals surface area contributed by atoms with Crippen LogP contribution in [0.2, 0.25) is 5.02 Å². The number of aryl methyl sites for hydroxylation is 1. The number of rotatable bonds is 4. The predicted octanol–water partition coefficient (Wildman–Crippen LogP) is 3.11. The summed E-state index contributed by atoms with van der Waals surface area (Å²) in [6.07, 6.45) is 1.57. The van der Waals surface area contributed by atoms with E-state index in [2.05, 4.69) is 23.8 Å². The standard InChI is InChI=1S/C15H17ClN3O4P/c1-8(2)7-19-14(11-4-5-12(23-11)24(20,21)22)18-13-9(3)10(16)6-17-15(13)19/h4-6,8H,7H2,1-3H3,(H2,20,21,22). The molecule has 9 heteroatoms. The smallest absolute Gasteiger partial charge is 0.391 e. The number of hydrogen-bond acceptors (Lipinski definition) is 4. The number of nitrogens with zero attached hydrogens (tertiary/aromatic N) is 3. The van der Waals surface area contributed by atoms with Gasteiger partial charge in [-0.2, -0.15) is 0 Å². The van der Waals surface area contributed by atoms with E-state index in [1.807, 2.05) is 11.5 Å². The molecule has 128 valence electrons. The van der Waals surface area contributed by atoms with E-state index in [-0.39, 0.29) is 11.3 Å². The second-order valence-corrected chi connectivity index (χ2v) is 7.96. The molecule has 3 rings (SSSR count). The van der Waals surface area contributed by atoms with Gasteiger partial charge in [-0.05, 0) is 30.5 Å². The molecule has 0 aliphatic rings. The Morgan fingerprint density at radius 2 is 2.08 bits per heavy atom. The lowest BCUT2D eigenvalue weighted by Gasteiger charge is -2.10. The number of fused-ring (bicyclic) bond motifs is 1. The fraction of sp³-hybridized carbons (Fsp3) is 0.333. The minimum atomic E-state index is -4.45. The van der Waals surface area contributed by atoms with Crippen LogP contribution in [0.3, 0.4) is 0 Å². The SMILES string of the molecule is Cc1c(Cl)cnc2c1nc(-c1ccc(P(=O)(O)O)o1)n2CC(C)C. The van der Waals surface area contributed by atoms with Crippen LogP contribution < -0.4 is 5.50 Å². The average molecular weight is 370 g/mol. The third-order valence-electron chi connectivity index (χ3n) is 3.60. The zero-order chi connectivity index (χ0) is 17.6. The first-order chi connectivity index (χ1) is 11.2. The normalized spacial score (nSPS) is 12.5. The second-order valence-electron chi connectivity index (χ2n) is 6.03. The summed E-state index contributed by atoms with van der Waals surface area (Å²) in [5, 5.41) is 0.513. The number of pyridine rings is 1. The van der Waals surface area contributed by atoms with Crippen molar-refractivity contribution in [1.82, 2.24) is 14.5 Å². The molecule has 0 bridgehead atoms. The van der Waals surface area contributed by atoms with Gasteiger partial charge in [0, 0.05) is 12.7 Å². The van der Waals surface area contributed by atoms with Gasteiger partial charge in [0.1, 0.15) is 5.52 Å². The molecule has 24 heavy (non-hydrogen) atoms. The molecule has 0 saturated heterocycles. The summed E-state index contributed by atoms with van der Waals surface area (Å²) >= 11 is 6.13. The monoisotopic (exact) mass is 369 g/mol. The quantitative estimate of drug-likeness (QED) is 0.685. The molecule has 0 aliphatic carbocycles. The van der Waals surface area contributed by atoms with Gasteiger partial charge < -0.3 is 18.8 Å². The third kappa shape index (κ3) is 3.00.